The van der Waals surface area contributed by atoms with Crippen LogP contribution in [0.2, 0.25) is 0 Å². The van der Waals surface area contributed by atoms with E-state index < -0.39 is 0 Å². The molecule has 3 nitrogen and oxygen atoms in total. The minimum Gasteiger partial charge on any atom is -0.370 e. The van der Waals surface area contributed by atoms with Gasteiger partial charge in [-0.05, 0) is 12.3 Å². The number of carbonyl (C=O) groups excluding carboxylic acids is 1. The lowest BCUT2D eigenvalue weighted by molar-refractivity contribution is -0.128. The smallest absolute Gasteiger partial charge is 0.167 e. The molecule has 1 aromatic rings. The van der Waals surface area contributed by atoms with Crippen LogP contribution in [0, 0.1) is 5.92 Å². The first-order valence-corrected chi connectivity index (χ1v) is 5.67. The fourth-order valence-electron chi connectivity index (χ4n) is 1.71. The molecule has 0 radical (unpaired) electrons. The number of rotatable bonds is 3. The zero-order chi connectivity index (χ0) is 9.97. The summed E-state index contributed by atoms with van der Waals surface area (Å²) < 4.78 is 5.41. The second-order valence-electron chi connectivity index (χ2n) is 3.67. The van der Waals surface area contributed by atoms with Crippen LogP contribution in [0.25, 0.3) is 0 Å². The van der Waals surface area contributed by atoms with E-state index in [0.717, 1.165) is 17.9 Å². The third-order valence-electron chi connectivity index (χ3n) is 2.54. The molecular formula is C10H13NO2S. The van der Waals surface area contributed by atoms with Gasteiger partial charge in [-0.25, -0.2) is 0 Å². The van der Waals surface area contributed by atoms with Crippen molar-refractivity contribution in [2.75, 3.05) is 6.61 Å². The van der Waals surface area contributed by atoms with Gasteiger partial charge >= 0.3 is 0 Å². The van der Waals surface area contributed by atoms with Crippen LogP contribution in [-0.4, -0.2) is 23.5 Å². The van der Waals surface area contributed by atoms with Crippen molar-refractivity contribution in [3.8, 4) is 0 Å². The highest BCUT2D eigenvalue weighted by Crippen LogP contribution is 2.22. The molecule has 1 saturated heterocycles. The van der Waals surface area contributed by atoms with Gasteiger partial charge in [0.25, 0.3) is 0 Å². The van der Waals surface area contributed by atoms with Gasteiger partial charge in [0.2, 0.25) is 0 Å². The average Bonchev–Trinajstić information content (AvgIpc) is 2.75. The Kier molecular flexibility index (Phi) is 2.93. The second-order valence-corrected chi connectivity index (χ2v) is 4.64. The molecular weight excluding hydrogens is 198 g/mol. The minimum absolute atomic E-state index is 0.183. The molecule has 0 amide bonds. The van der Waals surface area contributed by atoms with Crippen LogP contribution in [0.5, 0.6) is 0 Å². The largest absolute Gasteiger partial charge is 0.370 e. The first-order valence-electron chi connectivity index (χ1n) is 4.79. The standard InChI is InChI=1S/C10H13NO2S/c1-7-2-3-13-10(7)9(12)4-8-5-11-6-14-8/h5-7,10H,2-4H2,1H3. The van der Waals surface area contributed by atoms with Crippen LogP contribution in [-0.2, 0) is 16.0 Å². The maximum absolute atomic E-state index is 11.8. The zero-order valence-electron chi connectivity index (χ0n) is 8.10. The van der Waals surface area contributed by atoms with Crippen LogP contribution < -0.4 is 0 Å². The van der Waals surface area contributed by atoms with E-state index in [1.165, 1.54) is 11.3 Å². The zero-order valence-corrected chi connectivity index (χ0v) is 8.92. The van der Waals surface area contributed by atoms with Crippen molar-refractivity contribution in [1.82, 2.24) is 4.98 Å². The van der Waals surface area contributed by atoms with Gasteiger partial charge in [-0.15, -0.1) is 11.3 Å². The quantitative estimate of drug-likeness (QED) is 0.763. The summed E-state index contributed by atoms with van der Waals surface area (Å²) in [5.41, 5.74) is 1.75. The molecule has 2 atom stereocenters. The number of hydrogen-bond acceptors (Lipinski definition) is 4. The van der Waals surface area contributed by atoms with Crippen LogP contribution in [0.15, 0.2) is 11.7 Å². The number of aromatic nitrogens is 1. The Morgan fingerprint density at radius 3 is 3.21 bits per heavy atom. The third kappa shape index (κ3) is 2.01. The summed E-state index contributed by atoms with van der Waals surface area (Å²) in [4.78, 5) is 16.7. The Morgan fingerprint density at radius 1 is 1.79 bits per heavy atom. The molecule has 1 aliphatic heterocycles. The van der Waals surface area contributed by atoms with E-state index in [4.69, 9.17) is 4.74 Å². The molecule has 14 heavy (non-hydrogen) atoms. The van der Waals surface area contributed by atoms with E-state index in [-0.39, 0.29) is 11.9 Å². The van der Waals surface area contributed by atoms with Gasteiger partial charge in [0.1, 0.15) is 6.10 Å². The third-order valence-corrected chi connectivity index (χ3v) is 3.32. The van der Waals surface area contributed by atoms with Gasteiger partial charge in [0.05, 0.1) is 5.51 Å². The molecule has 1 fully saturated rings. The second kappa shape index (κ2) is 4.19. The van der Waals surface area contributed by atoms with E-state index in [1.54, 1.807) is 11.7 Å². The number of nitrogens with zero attached hydrogens (tertiary/aromatic N) is 1. The molecule has 2 heterocycles. The highest BCUT2D eigenvalue weighted by molar-refractivity contribution is 7.09. The van der Waals surface area contributed by atoms with Crippen molar-refractivity contribution < 1.29 is 9.53 Å². The van der Waals surface area contributed by atoms with Gasteiger partial charge in [-0.2, -0.15) is 0 Å². The van der Waals surface area contributed by atoms with E-state index in [1.807, 2.05) is 0 Å². The molecule has 2 unspecified atom stereocenters. The summed E-state index contributed by atoms with van der Waals surface area (Å²) in [6, 6.07) is 0. The predicted octanol–water partition coefficient (Wildman–Crippen LogP) is 1.68. The summed E-state index contributed by atoms with van der Waals surface area (Å²) in [7, 11) is 0. The number of Topliss-reactive ketones (excluding diaryl/α,β-unsaturated/α-hetero) is 1. The maximum atomic E-state index is 11.8. The number of ketones is 1. The normalized spacial score (nSPS) is 26.6. The van der Waals surface area contributed by atoms with E-state index in [9.17, 15) is 4.79 Å². The van der Waals surface area contributed by atoms with Gasteiger partial charge in [0, 0.05) is 24.1 Å². The number of ether oxygens (including phenoxy) is 1. The summed E-state index contributed by atoms with van der Waals surface area (Å²) in [5.74, 6) is 0.565. The van der Waals surface area contributed by atoms with Crippen molar-refractivity contribution in [2.24, 2.45) is 5.92 Å². The molecule has 0 N–H and O–H groups in total. The first kappa shape index (κ1) is 9.80. The Morgan fingerprint density at radius 2 is 2.64 bits per heavy atom. The van der Waals surface area contributed by atoms with Crippen molar-refractivity contribution in [1.29, 1.82) is 0 Å². The number of thiazole rings is 1. The van der Waals surface area contributed by atoms with Crippen molar-refractivity contribution in [3.63, 3.8) is 0 Å². The summed E-state index contributed by atoms with van der Waals surface area (Å²) in [5, 5.41) is 0. The SMILES string of the molecule is CC1CCOC1C(=O)Cc1cncs1. The summed E-state index contributed by atoms with van der Waals surface area (Å²) in [6.07, 6.45) is 3.04. The number of hydrogen-bond donors (Lipinski definition) is 0. The van der Waals surface area contributed by atoms with Crippen molar-refractivity contribution in [3.05, 3.63) is 16.6 Å². The maximum Gasteiger partial charge on any atom is 0.167 e. The van der Waals surface area contributed by atoms with Crippen molar-refractivity contribution >= 4 is 17.1 Å². The fourth-order valence-corrected chi connectivity index (χ4v) is 2.31. The van der Waals surface area contributed by atoms with E-state index in [0.29, 0.717) is 12.3 Å². The van der Waals surface area contributed by atoms with E-state index >= 15 is 0 Å². The van der Waals surface area contributed by atoms with E-state index in [2.05, 4.69) is 11.9 Å². The van der Waals surface area contributed by atoms with Gasteiger partial charge in [0.15, 0.2) is 5.78 Å². The topological polar surface area (TPSA) is 39.2 Å². The van der Waals surface area contributed by atoms with Crippen LogP contribution in [0.3, 0.4) is 0 Å². The van der Waals surface area contributed by atoms with Crippen LogP contribution >= 0.6 is 11.3 Å². The Labute approximate surface area is 87.1 Å². The van der Waals surface area contributed by atoms with Crippen molar-refractivity contribution in [2.45, 2.75) is 25.9 Å². The Hall–Kier alpha value is -0.740. The average molecular weight is 211 g/mol. The molecule has 0 aromatic carbocycles. The lowest BCUT2D eigenvalue weighted by atomic mass is 9.99. The lowest BCUT2D eigenvalue weighted by Crippen LogP contribution is -2.26. The van der Waals surface area contributed by atoms with Gasteiger partial charge in [-0.1, -0.05) is 6.92 Å². The summed E-state index contributed by atoms with van der Waals surface area (Å²) in [6.45, 7) is 2.79. The molecule has 1 aromatic heterocycles. The summed E-state index contributed by atoms with van der Waals surface area (Å²) >= 11 is 1.52. The molecule has 0 saturated carbocycles. The molecule has 0 bridgehead atoms. The molecule has 4 heteroatoms. The highest BCUT2D eigenvalue weighted by atomic mass is 32.1. The highest BCUT2D eigenvalue weighted by Gasteiger charge is 2.30. The monoisotopic (exact) mass is 211 g/mol. The van der Waals surface area contributed by atoms with Crippen LogP contribution in [0.1, 0.15) is 18.2 Å². The number of carbonyl (C=O) groups is 1. The lowest BCUT2D eigenvalue weighted by Gasteiger charge is -2.11. The van der Waals surface area contributed by atoms with Gasteiger partial charge in [-0.3, -0.25) is 9.78 Å². The molecule has 1 aliphatic rings. The first-order chi connectivity index (χ1) is 6.77. The fraction of sp³-hybridized carbons (Fsp3) is 0.600. The molecule has 0 spiro atoms. The molecule has 2 rings (SSSR count). The molecule has 76 valence electrons. The molecule has 0 aliphatic carbocycles. The van der Waals surface area contributed by atoms with Crippen LogP contribution in [0.4, 0.5) is 0 Å². The Bertz CT molecular complexity index is 310. The minimum atomic E-state index is -0.183. The van der Waals surface area contributed by atoms with Gasteiger partial charge < -0.3 is 4.74 Å². The predicted molar refractivity (Wildman–Crippen MR) is 54.3 cm³/mol. The Balaban J connectivity index is 1.95.